The molecule has 3 nitrogen and oxygen atoms in total. The Balaban J connectivity index is 0. The summed E-state index contributed by atoms with van der Waals surface area (Å²) < 4.78 is 5.26. The second-order valence-corrected chi connectivity index (χ2v) is 5.94. The first-order chi connectivity index (χ1) is 10.7. The van der Waals surface area contributed by atoms with E-state index >= 15 is 0 Å². The van der Waals surface area contributed by atoms with Gasteiger partial charge in [0.2, 0.25) is 0 Å². The molecular weight excluding hydrogens is 297 g/mol. The summed E-state index contributed by atoms with van der Waals surface area (Å²) in [4.78, 5) is 11.8. The van der Waals surface area contributed by atoms with Crippen molar-refractivity contribution in [1.82, 2.24) is 0 Å². The van der Waals surface area contributed by atoms with Gasteiger partial charge in [0.15, 0.2) is 0 Å². The van der Waals surface area contributed by atoms with Crippen LogP contribution >= 0.6 is 0 Å². The molecule has 2 N–H and O–H groups in total. The summed E-state index contributed by atoms with van der Waals surface area (Å²) in [6.07, 6.45) is 10.5. The Hall–Kier alpha value is -0.350. The largest absolute Gasteiger partial charge is 1.00 e. The van der Waals surface area contributed by atoms with E-state index in [1.54, 1.807) is 0 Å². The van der Waals surface area contributed by atoms with E-state index in [0.29, 0.717) is 13.0 Å². The van der Waals surface area contributed by atoms with Crippen LogP contribution in [0.1, 0.15) is 65.3 Å². The quantitative estimate of drug-likeness (QED) is 0.358. The van der Waals surface area contributed by atoms with Gasteiger partial charge in [0.1, 0.15) is 6.04 Å². The number of ether oxygens (including phenoxy) is 1. The molecule has 1 aromatic carbocycles. The average molecular weight is 329 g/mol. The van der Waals surface area contributed by atoms with E-state index in [0.717, 1.165) is 18.4 Å². The fourth-order valence-corrected chi connectivity index (χ4v) is 2.47. The number of hydrogen-bond acceptors (Lipinski definition) is 3. The molecule has 0 aromatic heterocycles. The minimum absolute atomic E-state index is 0. The Labute approximate surface area is 165 Å². The smallest absolute Gasteiger partial charge is 1.00 e. The predicted molar refractivity (Wildman–Crippen MR) is 92.8 cm³/mol. The summed E-state index contributed by atoms with van der Waals surface area (Å²) in [6, 6.07) is 9.26. The summed E-state index contributed by atoms with van der Waals surface area (Å²) in [5.74, 6) is -0.285. The van der Waals surface area contributed by atoms with Gasteiger partial charge in [-0.25, -0.2) is 0 Å². The van der Waals surface area contributed by atoms with Crippen molar-refractivity contribution in [3.05, 3.63) is 35.9 Å². The van der Waals surface area contributed by atoms with Gasteiger partial charge in [0.05, 0.1) is 6.61 Å². The van der Waals surface area contributed by atoms with Crippen molar-refractivity contribution >= 4 is 5.97 Å². The standard InChI is InChI=1S/C19H31NO2.Na.H/c1-2-3-4-5-6-7-8-12-15-22-19(21)18(20)16-17-13-10-9-11-14-17;;/h9-11,13-14,18H,2-8,12,15-16,20H2,1H3;;/q;+1;-1/t18-;;/m0../s1. The van der Waals surface area contributed by atoms with Crippen LogP contribution in [0, 0.1) is 0 Å². The van der Waals surface area contributed by atoms with E-state index in [-0.39, 0.29) is 37.0 Å². The molecule has 0 spiro atoms. The maximum absolute atomic E-state index is 11.8. The fourth-order valence-electron chi connectivity index (χ4n) is 2.47. The number of nitrogens with two attached hydrogens (primary N) is 1. The second kappa shape index (κ2) is 15.2. The van der Waals surface area contributed by atoms with Crippen LogP contribution in [-0.4, -0.2) is 18.6 Å². The third-order valence-corrected chi connectivity index (χ3v) is 3.84. The van der Waals surface area contributed by atoms with Gasteiger partial charge in [-0.15, -0.1) is 0 Å². The number of carbonyl (C=O) groups excluding carboxylic acids is 1. The number of esters is 1. The summed E-state index contributed by atoms with van der Waals surface area (Å²) in [5, 5.41) is 0. The van der Waals surface area contributed by atoms with Gasteiger partial charge in [0.25, 0.3) is 0 Å². The van der Waals surface area contributed by atoms with Gasteiger partial charge >= 0.3 is 35.5 Å². The molecule has 0 aliphatic carbocycles. The van der Waals surface area contributed by atoms with Crippen molar-refractivity contribution in [2.75, 3.05) is 6.61 Å². The SMILES string of the molecule is CCCCCCCCCCOC(=O)[C@@H](N)Cc1ccccc1.[H-].[Na+]. The molecule has 0 saturated carbocycles. The minimum Gasteiger partial charge on any atom is -1.00 e. The molecule has 0 aliphatic heterocycles. The van der Waals surface area contributed by atoms with E-state index in [2.05, 4.69) is 6.92 Å². The number of rotatable bonds is 12. The van der Waals surface area contributed by atoms with Crippen LogP contribution in [0.5, 0.6) is 0 Å². The number of benzene rings is 1. The Bertz CT molecular complexity index is 404. The first-order valence-corrected chi connectivity index (χ1v) is 8.70. The van der Waals surface area contributed by atoms with Crippen molar-refractivity contribution in [3.63, 3.8) is 0 Å². The molecule has 0 aliphatic rings. The molecule has 0 bridgehead atoms. The molecule has 0 unspecified atom stereocenters. The van der Waals surface area contributed by atoms with Gasteiger partial charge in [-0.3, -0.25) is 4.79 Å². The maximum atomic E-state index is 11.8. The summed E-state index contributed by atoms with van der Waals surface area (Å²) >= 11 is 0. The van der Waals surface area contributed by atoms with Crippen LogP contribution in [0.15, 0.2) is 30.3 Å². The Morgan fingerprint density at radius 3 is 2.22 bits per heavy atom. The molecule has 0 saturated heterocycles. The third-order valence-electron chi connectivity index (χ3n) is 3.84. The van der Waals surface area contributed by atoms with Gasteiger partial charge < -0.3 is 11.9 Å². The topological polar surface area (TPSA) is 52.3 Å². The van der Waals surface area contributed by atoms with E-state index in [1.165, 1.54) is 38.5 Å². The van der Waals surface area contributed by atoms with Crippen LogP contribution < -0.4 is 35.3 Å². The number of unbranched alkanes of at least 4 members (excludes halogenated alkanes) is 7. The molecular formula is C19H32NNaO2. The van der Waals surface area contributed by atoms with Crippen LogP contribution in [0.25, 0.3) is 0 Å². The number of hydrogen-bond donors (Lipinski definition) is 1. The van der Waals surface area contributed by atoms with Crippen LogP contribution in [-0.2, 0) is 16.0 Å². The molecule has 0 amide bonds. The Morgan fingerprint density at radius 1 is 1.04 bits per heavy atom. The zero-order valence-electron chi connectivity index (χ0n) is 15.9. The zero-order valence-corrected chi connectivity index (χ0v) is 16.9. The zero-order chi connectivity index (χ0) is 16.0. The summed E-state index contributed by atoms with van der Waals surface area (Å²) in [7, 11) is 0. The summed E-state index contributed by atoms with van der Waals surface area (Å²) in [5.41, 5.74) is 6.95. The Morgan fingerprint density at radius 2 is 1.61 bits per heavy atom. The van der Waals surface area contributed by atoms with Crippen LogP contribution in [0.2, 0.25) is 0 Å². The number of carbonyl (C=O) groups is 1. The fraction of sp³-hybridized carbons (Fsp3) is 0.632. The van der Waals surface area contributed by atoms with E-state index in [1.807, 2.05) is 30.3 Å². The molecule has 1 atom stereocenters. The van der Waals surface area contributed by atoms with Gasteiger partial charge in [-0.05, 0) is 18.4 Å². The summed E-state index contributed by atoms with van der Waals surface area (Å²) in [6.45, 7) is 2.73. The molecule has 126 valence electrons. The normalized spacial score (nSPS) is 11.6. The van der Waals surface area contributed by atoms with Crippen molar-refractivity contribution in [2.24, 2.45) is 5.73 Å². The van der Waals surface area contributed by atoms with Crippen molar-refractivity contribution in [2.45, 2.75) is 70.8 Å². The first-order valence-electron chi connectivity index (χ1n) is 8.70. The third kappa shape index (κ3) is 11.8. The van der Waals surface area contributed by atoms with Gasteiger partial charge in [-0.2, -0.15) is 0 Å². The molecule has 0 radical (unpaired) electrons. The predicted octanol–water partition coefficient (Wildman–Crippen LogP) is 1.36. The molecule has 0 fully saturated rings. The van der Waals surface area contributed by atoms with Crippen LogP contribution in [0.4, 0.5) is 0 Å². The monoisotopic (exact) mass is 329 g/mol. The minimum atomic E-state index is -0.559. The van der Waals surface area contributed by atoms with E-state index in [9.17, 15) is 4.79 Å². The van der Waals surface area contributed by atoms with Crippen LogP contribution in [0.3, 0.4) is 0 Å². The first kappa shape index (κ1) is 22.6. The van der Waals surface area contributed by atoms with Crippen molar-refractivity contribution in [3.8, 4) is 0 Å². The molecule has 23 heavy (non-hydrogen) atoms. The van der Waals surface area contributed by atoms with E-state index < -0.39 is 6.04 Å². The average Bonchev–Trinajstić information content (AvgIpc) is 2.54. The van der Waals surface area contributed by atoms with Gasteiger partial charge in [-0.1, -0.05) is 82.2 Å². The van der Waals surface area contributed by atoms with Gasteiger partial charge in [0, 0.05) is 0 Å². The molecule has 1 aromatic rings. The molecule has 0 heterocycles. The van der Waals surface area contributed by atoms with Crippen molar-refractivity contribution in [1.29, 1.82) is 0 Å². The maximum Gasteiger partial charge on any atom is 1.00 e. The molecule has 4 heteroatoms. The Kier molecular flexibility index (Phi) is 15.0. The van der Waals surface area contributed by atoms with Crippen molar-refractivity contribution < 1.29 is 40.5 Å². The van der Waals surface area contributed by atoms with E-state index in [4.69, 9.17) is 10.5 Å². The second-order valence-electron chi connectivity index (χ2n) is 5.94. The molecule has 1 rings (SSSR count).